The lowest BCUT2D eigenvalue weighted by atomic mass is 9.99. The van der Waals surface area contributed by atoms with Gasteiger partial charge >= 0.3 is 0 Å². The summed E-state index contributed by atoms with van der Waals surface area (Å²) in [6, 6.07) is 14.6. The molecular weight excluding hydrogens is 418 g/mol. The Kier molecular flexibility index (Phi) is 7.19. The van der Waals surface area contributed by atoms with Gasteiger partial charge in [0.15, 0.2) is 5.78 Å². The van der Waals surface area contributed by atoms with Gasteiger partial charge in [0.05, 0.1) is 17.4 Å². The highest BCUT2D eigenvalue weighted by Gasteiger charge is 2.33. The molecule has 1 saturated heterocycles. The van der Waals surface area contributed by atoms with E-state index in [0.29, 0.717) is 30.6 Å². The van der Waals surface area contributed by atoms with E-state index in [9.17, 15) is 22.8 Å². The lowest BCUT2D eigenvalue weighted by Gasteiger charge is -2.31. The predicted octanol–water partition coefficient (Wildman–Crippen LogP) is 2.04. The van der Waals surface area contributed by atoms with Gasteiger partial charge < -0.3 is 10.6 Å². The number of rotatable bonds is 7. The summed E-state index contributed by atoms with van der Waals surface area (Å²) in [6.45, 7) is 1.67. The first-order chi connectivity index (χ1) is 14.8. The number of sulfonamides is 1. The van der Waals surface area contributed by atoms with Crippen LogP contribution in [0.15, 0.2) is 59.5 Å². The van der Waals surface area contributed by atoms with Crippen LogP contribution in [0.2, 0.25) is 0 Å². The molecule has 0 aromatic heterocycles. The zero-order chi connectivity index (χ0) is 22.4. The maximum Gasteiger partial charge on any atom is 0.243 e. The van der Waals surface area contributed by atoms with E-state index in [2.05, 4.69) is 10.6 Å². The molecule has 2 aromatic rings. The molecule has 0 radical (unpaired) electrons. The quantitative estimate of drug-likeness (QED) is 0.636. The van der Waals surface area contributed by atoms with Crippen molar-refractivity contribution in [2.24, 2.45) is 5.92 Å². The number of hydrogen-bond donors (Lipinski definition) is 2. The van der Waals surface area contributed by atoms with Crippen LogP contribution in [0.1, 0.15) is 30.1 Å². The molecule has 164 valence electrons. The fourth-order valence-corrected chi connectivity index (χ4v) is 4.97. The molecule has 1 atom stereocenters. The fourth-order valence-electron chi connectivity index (χ4n) is 3.42. The lowest BCUT2D eigenvalue weighted by molar-refractivity contribution is -0.128. The minimum absolute atomic E-state index is 0.0686. The van der Waals surface area contributed by atoms with Crippen molar-refractivity contribution < 1.29 is 22.8 Å². The molecule has 9 heteroatoms. The molecule has 2 amide bonds. The normalized spacial score (nSPS) is 17.0. The van der Waals surface area contributed by atoms with Gasteiger partial charge in [-0.1, -0.05) is 18.2 Å². The highest BCUT2D eigenvalue weighted by Crippen LogP contribution is 2.23. The number of hydrogen-bond acceptors (Lipinski definition) is 5. The molecule has 1 fully saturated rings. The third-order valence-corrected chi connectivity index (χ3v) is 7.01. The average Bonchev–Trinajstić information content (AvgIpc) is 2.78. The van der Waals surface area contributed by atoms with Gasteiger partial charge in [-0.3, -0.25) is 14.4 Å². The Morgan fingerprint density at radius 2 is 1.71 bits per heavy atom. The molecule has 0 spiro atoms. The Hall–Kier alpha value is -3.04. The number of nitrogens with zero attached hydrogens (tertiary/aromatic N) is 1. The zero-order valence-electron chi connectivity index (χ0n) is 17.2. The zero-order valence-corrected chi connectivity index (χ0v) is 18.0. The minimum atomic E-state index is -3.66. The van der Waals surface area contributed by atoms with Crippen LogP contribution in [0.5, 0.6) is 0 Å². The van der Waals surface area contributed by atoms with E-state index in [-0.39, 0.29) is 29.7 Å². The molecule has 3 rings (SSSR count). The van der Waals surface area contributed by atoms with E-state index in [4.69, 9.17) is 0 Å². The molecule has 1 heterocycles. The van der Waals surface area contributed by atoms with Crippen molar-refractivity contribution >= 4 is 33.3 Å². The molecule has 0 saturated carbocycles. The minimum Gasteiger partial charge on any atom is -0.347 e. The summed E-state index contributed by atoms with van der Waals surface area (Å²) in [6.07, 6.45) is 1.12. The third-order valence-electron chi connectivity index (χ3n) is 5.13. The van der Waals surface area contributed by atoms with Gasteiger partial charge in [0, 0.05) is 24.3 Å². The van der Waals surface area contributed by atoms with Crippen LogP contribution in [0, 0.1) is 5.92 Å². The van der Waals surface area contributed by atoms with Crippen LogP contribution in [-0.4, -0.2) is 50.0 Å². The highest BCUT2D eigenvalue weighted by atomic mass is 32.2. The molecule has 0 aliphatic carbocycles. The van der Waals surface area contributed by atoms with Crippen molar-refractivity contribution in [1.29, 1.82) is 0 Å². The van der Waals surface area contributed by atoms with Gasteiger partial charge in [-0.15, -0.1) is 0 Å². The Morgan fingerprint density at radius 1 is 1.03 bits per heavy atom. The maximum atomic E-state index is 12.8. The largest absolute Gasteiger partial charge is 0.347 e. The molecule has 1 aliphatic heterocycles. The van der Waals surface area contributed by atoms with Crippen molar-refractivity contribution in [2.75, 3.05) is 25.0 Å². The Labute approximate surface area is 181 Å². The van der Waals surface area contributed by atoms with Crippen LogP contribution in [0.3, 0.4) is 0 Å². The number of ketones is 1. The summed E-state index contributed by atoms with van der Waals surface area (Å²) in [5.74, 6) is -1.35. The van der Waals surface area contributed by atoms with Crippen molar-refractivity contribution in [1.82, 2.24) is 9.62 Å². The molecule has 31 heavy (non-hydrogen) atoms. The second-order valence-electron chi connectivity index (χ2n) is 7.41. The smallest absolute Gasteiger partial charge is 0.243 e. The summed E-state index contributed by atoms with van der Waals surface area (Å²) in [7, 11) is -3.66. The van der Waals surface area contributed by atoms with Crippen molar-refractivity contribution in [2.45, 2.75) is 24.7 Å². The second kappa shape index (κ2) is 9.84. The standard InChI is InChI=1S/C22H25N3O5S/c1-16(26)17-9-11-19(12-10-17)24-21(27)14-23-22(28)18-6-5-13-25(15-18)31(29,30)20-7-3-2-4-8-20/h2-4,7-12,18H,5-6,13-15H2,1H3,(H,23,28)(H,24,27)/t18-/m0/s1. The molecule has 2 aromatic carbocycles. The van der Waals surface area contributed by atoms with Gasteiger partial charge in [0.2, 0.25) is 21.8 Å². The average molecular weight is 444 g/mol. The predicted molar refractivity (Wildman–Crippen MR) is 116 cm³/mol. The number of piperidine rings is 1. The molecule has 2 N–H and O–H groups in total. The summed E-state index contributed by atoms with van der Waals surface area (Å²) in [5, 5.41) is 5.24. The maximum absolute atomic E-state index is 12.8. The molecule has 0 unspecified atom stereocenters. The van der Waals surface area contributed by atoms with Crippen LogP contribution >= 0.6 is 0 Å². The van der Waals surface area contributed by atoms with Crippen LogP contribution in [0.25, 0.3) is 0 Å². The number of anilines is 1. The number of carbonyl (C=O) groups excluding carboxylic acids is 3. The first kappa shape index (κ1) is 22.6. The van der Waals surface area contributed by atoms with Crippen LogP contribution < -0.4 is 10.6 Å². The summed E-state index contributed by atoms with van der Waals surface area (Å²) in [5.41, 5.74) is 1.06. The number of Topliss-reactive ketones (excluding diaryl/α,β-unsaturated/α-hetero) is 1. The van der Waals surface area contributed by atoms with Gasteiger partial charge in [-0.2, -0.15) is 4.31 Å². The highest BCUT2D eigenvalue weighted by molar-refractivity contribution is 7.89. The van der Waals surface area contributed by atoms with Gasteiger partial charge in [-0.25, -0.2) is 8.42 Å². The van der Waals surface area contributed by atoms with Gasteiger partial charge in [-0.05, 0) is 56.2 Å². The summed E-state index contributed by atoms with van der Waals surface area (Å²) in [4.78, 5) is 36.2. The van der Waals surface area contributed by atoms with Gasteiger partial charge in [0.1, 0.15) is 0 Å². The third kappa shape index (κ3) is 5.77. The summed E-state index contributed by atoms with van der Waals surface area (Å²) >= 11 is 0. The molecular formula is C22H25N3O5S. The monoisotopic (exact) mass is 443 g/mol. The number of carbonyl (C=O) groups is 3. The Bertz CT molecular complexity index is 1050. The van der Waals surface area contributed by atoms with E-state index < -0.39 is 21.8 Å². The molecule has 0 bridgehead atoms. The number of benzene rings is 2. The van der Waals surface area contributed by atoms with Crippen LogP contribution in [-0.2, 0) is 19.6 Å². The van der Waals surface area contributed by atoms with Crippen molar-refractivity contribution in [3.05, 3.63) is 60.2 Å². The molecule has 1 aliphatic rings. The fraction of sp³-hybridized carbons (Fsp3) is 0.318. The van der Waals surface area contributed by atoms with Gasteiger partial charge in [0.25, 0.3) is 0 Å². The topological polar surface area (TPSA) is 113 Å². The molecule has 8 nitrogen and oxygen atoms in total. The number of amides is 2. The first-order valence-electron chi connectivity index (χ1n) is 10.0. The number of nitrogens with one attached hydrogen (secondary N) is 2. The second-order valence-corrected chi connectivity index (χ2v) is 9.35. The first-order valence-corrected chi connectivity index (χ1v) is 11.4. The Morgan fingerprint density at radius 3 is 2.35 bits per heavy atom. The van der Waals surface area contributed by atoms with E-state index >= 15 is 0 Å². The van der Waals surface area contributed by atoms with E-state index in [1.165, 1.54) is 23.4 Å². The SMILES string of the molecule is CC(=O)c1ccc(NC(=O)CNC(=O)[C@H]2CCCN(S(=O)(=O)c3ccccc3)C2)cc1. The van der Waals surface area contributed by atoms with E-state index in [1.54, 1.807) is 42.5 Å². The van der Waals surface area contributed by atoms with Crippen molar-refractivity contribution in [3.8, 4) is 0 Å². The summed E-state index contributed by atoms with van der Waals surface area (Å²) < 4.78 is 26.9. The van der Waals surface area contributed by atoms with E-state index in [1.807, 2.05) is 0 Å². The van der Waals surface area contributed by atoms with Crippen molar-refractivity contribution in [3.63, 3.8) is 0 Å². The van der Waals surface area contributed by atoms with Crippen LogP contribution in [0.4, 0.5) is 5.69 Å². The van der Waals surface area contributed by atoms with E-state index in [0.717, 1.165) is 0 Å². The Balaban J connectivity index is 1.53. The lowest BCUT2D eigenvalue weighted by Crippen LogP contribution is -2.46.